The van der Waals surface area contributed by atoms with Gasteiger partial charge in [-0.1, -0.05) is 6.92 Å². The molecule has 2 unspecified atom stereocenters. The van der Waals surface area contributed by atoms with Crippen LogP contribution in [0, 0.1) is 0 Å². The molecule has 2 saturated heterocycles. The van der Waals surface area contributed by atoms with Crippen LogP contribution in [0.4, 0.5) is 0 Å². The van der Waals surface area contributed by atoms with Gasteiger partial charge in [0.2, 0.25) is 0 Å². The lowest BCUT2D eigenvalue weighted by molar-refractivity contribution is 0.0916. The van der Waals surface area contributed by atoms with E-state index in [4.69, 9.17) is 4.74 Å². The molecular formula is C15H22N4O2. The SMILES string of the molecule is CCc1ncc(C(=O)NC2COCC2N2CCCC2)cn1. The second kappa shape index (κ2) is 6.49. The number of nitrogens with one attached hydrogen (secondary N) is 1. The number of rotatable bonds is 4. The Hall–Kier alpha value is -1.53. The number of aromatic nitrogens is 2. The summed E-state index contributed by atoms with van der Waals surface area (Å²) in [6.07, 6.45) is 6.45. The second-order valence-corrected chi connectivity index (χ2v) is 5.67. The number of carbonyl (C=O) groups is 1. The standard InChI is InChI=1S/C15H22N4O2/c1-2-14-16-7-11(8-17-14)15(20)18-12-9-21-10-13(12)19-5-3-4-6-19/h7-8,12-13H,2-6,9-10H2,1H3,(H,18,20). The third-order valence-corrected chi connectivity index (χ3v) is 4.26. The van der Waals surface area contributed by atoms with Crippen molar-refractivity contribution in [3.05, 3.63) is 23.8 Å². The van der Waals surface area contributed by atoms with Crippen molar-refractivity contribution in [3.63, 3.8) is 0 Å². The van der Waals surface area contributed by atoms with E-state index in [-0.39, 0.29) is 11.9 Å². The molecule has 1 amide bonds. The summed E-state index contributed by atoms with van der Waals surface area (Å²) in [5.41, 5.74) is 0.513. The molecule has 0 aromatic carbocycles. The molecule has 1 N–H and O–H groups in total. The highest BCUT2D eigenvalue weighted by molar-refractivity contribution is 5.93. The third-order valence-electron chi connectivity index (χ3n) is 4.26. The van der Waals surface area contributed by atoms with Crippen molar-refractivity contribution in [2.75, 3.05) is 26.3 Å². The van der Waals surface area contributed by atoms with Crippen molar-refractivity contribution in [1.29, 1.82) is 0 Å². The Morgan fingerprint density at radius 3 is 2.71 bits per heavy atom. The summed E-state index contributed by atoms with van der Waals surface area (Å²) in [4.78, 5) is 23.1. The summed E-state index contributed by atoms with van der Waals surface area (Å²) in [6.45, 7) is 5.49. The van der Waals surface area contributed by atoms with Crippen LogP contribution in [0.3, 0.4) is 0 Å². The maximum Gasteiger partial charge on any atom is 0.254 e. The molecule has 3 rings (SSSR count). The molecule has 0 radical (unpaired) electrons. The number of carbonyl (C=O) groups excluding carboxylic acids is 1. The van der Waals surface area contributed by atoms with Gasteiger partial charge in [0.1, 0.15) is 5.82 Å². The zero-order valence-electron chi connectivity index (χ0n) is 12.4. The van der Waals surface area contributed by atoms with E-state index in [0.29, 0.717) is 24.8 Å². The van der Waals surface area contributed by atoms with Gasteiger partial charge in [0.05, 0.1) is 30.9 Å². The summed E-state index contributed by atoms with van der Waals surface area (Å²) < 4.78 is 5.57. The quantitative estimate of drug-likeness (QED) is 0.881. The molecule has 2 aliphatic rings. The normalized spacial score (nSPS) is 26.1. The van der Waals surface area contributed by atoms with Gasteiger partial charge in [-0.3, -0.25) is 9.69 Å². The topological polar surface area (TPSA) is 67.3 Å². The zero-order valence-corrected chi connectivity index (χ0v) is 12.4. The van der Waals surface area contributed by atoms with Crippen molar-refractivity contribution >= 4 is 5.91 Å². The Morgan fingerprint density at radius 1 is 1.33 bits per heavy atom. The molecular weight excluding hydrogens is 268 g/mol. The Morgan fingerprint density at radius 2 is 2.05 bits per heavy atom. The minimum Gasteiger partial charge on any atom is -0.378 e. The first-order chi connectivity index (χ1) is 10.3. The number of nitrogens with zero attached hydrogens (tertiary/aromatic N) is 3. The van der Waals surface area contributed by atoms with Gasteiger partial charge in [-0.2, -0.15) is 0 Å². The molecule has 6 heteroatoms. The minimum atomic E-state index is -0.114. The Labute approximate surface area is 124 Å². The van der Waals surface area contributed by atoms with E-state index in [1.165, 1.54) is 12.8 Å². The van der Waals surface area contributed by atoms with E-state index in [1.54, 1.807) is 12.4 Å². The van der Waals surface area contributed by atoms with Crippen LogP contribution in [0.1, 0.15) is 35.9 Å². The van der Waals surface area contributed by atoms with Gasteiger partial charge < -0.3 is 10.1 Å². The van der Waals surface area contributed by atoms with Crippen molar-refractivity contribution in [3.8, 4) is 0 Å². The van der Waals surface area contributed by atoms with Crippen LogP contribution in [0.15, 0.2) is 12.4 Å². The highest BCUT2D eigenvalue weighted by Crippen LogP contribution is 2.19. The largest absolute Gasteiger partial charge is 0.378 e. The van der Waals surface area contributed by atoms with E-state index >= 15 is 0 Å². The fourth-order valence-corrected chi connectivity index (χ4v) is 3.02. The minimum absolute atomic E-state index is 0.0569. The molecule has 3 heterocycles. The lowest BCUT2D eigenvalue weighted by Gasteiger charge is -2.27. The fourth-order valence-electron chi connectivity index (χ4n) is 3.02. The molecule has 21 heavy (non-hydrogen) atoms. The number of aryl methyl sites for hydroxylation is 1. The Kier molecular flexibility index (Phi) is 4.45. The predicted molar refractivity (Wildman–Crippen MR) is 78.1 cm³/mol. The molecule has 0 aliphatic carbocycles. The lowest BCUT2D eigenvalue weighted by Crippen LogP contribution is -2.50. The highest BCUT2D eigenvalue weighted by Gasteiger charge is 2.35. The van der Waals surface area contributed by atoms with Crippen molar-refractivity contribution < 1.29 is 9.53 Å². The maximum absolute atomic E-state index is 12.3. The maximum atomic E-state index is 12.3. The summed E-state index contributed by atoms with van der Waals surface area (Å²) in [5, 5.41) is 3.07. The Bertz CT molecular complexity index is 485. The smallest absolute Gasteiger partial charge is 0.254 e. The monoisotopic (exact) mass is 290 g/mol. The summed E-state index contributed by atoms with van der Waals surface area (Å²) >= 11 is 0. The molecule has 0 bridgehead atoms. The molecule has 2 fully saturated rings. The van der Waals surface area contributed by atoms with Crippen LogP contribution in [-0.4, -0.2) is 59.2 Å². The molecule has 1 aromatic rings. The average molecular weight is 290 g/mol. The van der Waals surface area contributed by atoms with Crippen LogP contribution in [0.2, 0.25) is 0 Å². The molecule has 114 valence electrons. The van der Waals surface area contributed by atoms with Gasteiger partial charge in [-0.05, 0) is 25.9 Å². The number of likely N-dealkylation sites (tertiary alicyclic amines) is 1. The first-order valence-corrected chi connectivity index (χ1v) is 7.71. The molecule has 2 atom stereocenters. The van der Waals surface area contributed by atoms with Crippen molar-refractivity contribution in [2.24, 2.45) is 0 Å². The van der Waals surface area contributed by atoms with Gasteiger partial charge in [-0.15, -0.1) is 0 Å². The highest BCUT2D eigenvalue weighted by atomic mass is 16.5. The van der Waals surface area contributed by atoms with Gasteiger partial charge >= 0.3 is 0 Å². The third kappa shape index (κ3) is 3.22. The van der Waals surface area contributed by atoms with Crippen molar-refractivity contribution in [2.45, 2.75) is 38.3 Å². The van der Waals surface area contributed by atoms with Crippen molar-refractivity contribution in [1.82, 2.24) is 20.2 Å². The second-order valence-electron chi connectivity index (χ2n) is 5.67. The van der Waals surface area contributed by atoms with Gasteiger partial charge in [0, 0.05) is 18.8 Å². The molecule has 0 spiro atoms. The number of amides is 1. The van der Waals surface area contributed by atoms with Crippen LogP contribution < -0.4 is 5.32 Å². The molecule has 2 aliphatic heterocycles. The first-order valence-electron chi connectivity index (χ1n) is 7.71. The predicted octanol–water partition coefficient (Wildman–Crippen LogP) is 0.632. The van der Waals surface area contributed by atoms with E-state index in [2.05, 4.69) is 20.2 Å². The van der Waals surface area contributed by atoms with Gasteiger partial charge in [-0.25, -0.2) is 9.97 Å². The summed E-state index contributed by atoms with van der Waals surface area (Å²) in [5.74, 6) is 0.642. The van der Waals surface area contributed by atoms with Crippen LogP contribution in [0.5, 0.6) is 0 Å². The van der Waals surface area contributed by atoms with Crippen LogP contribution in [0.25, 0.3) is 0 Å². The number of hydrogen-bond donors (Lipinski definition) is 1. The fraction of sp³-hybridized carbons (Fsp3) is 0.667. The zero-order chi connectivity index (χ0) is 14.7. The molecule has 0 saturated carbocycles. The van der Waals surface area contributed by atoms with E-state index in [1.807, 2.05) is 6.92 Å². The Balaban J connectivity index is 1.62. The van der Waals surface area contributed by atoms with E-state index < -0.39 is 0 Å². The van der Waals surface area contributed by atoms with Crippen LogP contribution in [-0.2, 0) is 11.2 Å². The molecule has 6 nitrogen and oxygen atoms in total. The van der Waals surface area contributed by atoms with Gasteiger partial charge in [0.25, 0.3) is 5.91 Å². The number of ether oxygens (including phenoxy) is 1. The van der Waals surface area contributed by atoms with Crippen LogP contribution >= 0.6 is 0 Å². The summed E-state index contributed by atoms with van der Waals surface area (Å²) in [6, 6.07) is 0.355. The lowest BCUT2D eigenvalue weighted by atomic mass is 10.1. The van der Waals surface area contributed by atoms with E-state index in [9.17, 15) is 4.79 Å². The average Bonchev–Trinajstić information content (AvgIpc) is 3.18. The summed E-state index contributed by atoms with van der Waals surface area (Å²) in [7, 11) is 0. The van der Waals surface area contributed by atoms with Gasteiger partial charge in [0.15, 0.2) is 0 Å². The molecule has 1 aromatic heterocycles. The first kappa shape index (κ1) is 14.4. The van der Waals surface area contributed by atoms with E-state index in [0.717, 1.165) is 25.3 Å². The number of hydrogen-bond acceptors (Lipinski definition) is 5.